The molecule has 4 heterocycles. The van der Waals surface area contributed by atoms with Crippen LogP contribution in [-0.4, -0.2) is 61.3 Å². The highest BCUT2D eigenvalue weighted by atomic mass is 15.4. The maximum atomic E-state index is 5.09. The third kappa shape index (κ3) is 3.91. The van der Waals surface area contributed by atoms with Crippen LogP contribution in [0.3, 0.4) is 0 Å². The van der Waals surface area contributed by atoms with Crippen molar-refractivity contribution in [2.75, 3.05) is 61.0 Å². The van der Waals surface area contributed by atoms with Gasteiger partial charge in [-0.3, -0.25) is 0 Å². The van der Waals surface area contributed by atoms with Gasteiger partial charge < -0.3 is 19.6 Å². The van der Waals surface area contributed by atoms with Crippen molar-refractivity contribution in [3.05, 3.63) is 59.7 Å². The van der Waals surface area contributed by atoms with Crippen LogP contribution in [-0.2, 0) is 12.8 Å². The molecule has 1 aromatic heterocycles. The number of rotatable bonds is 3. The lowest BCUT2D eigenvalue weighted by Gasteiger charge is -2.34. The lowest BCUT2D eigenvalue weighted by atomic mass is 10.0. The first-order chi connectivity index (χ1) is 16.3. The summed E-state index contributed by atoms with van der Waals surface area (Å²) in [4.78, 5) is 23.7. The van der Waals surface area contributed by atoms with E-state index in [9.17, 15) is 0 Å². The van der Waals surface area contributed by atoms with Crippen molar-refractivity contribution < 1.29 is 4.90 Å². The summed E-state index contributed by atoms with van der Waals surface area (Å²) >= 11 is 0. The number of hydrogen-bond donors (Lipinski definition) is 1. The van der Waals surface area contributed by atoms with E-state index in [0.29, 0.717) is 0 Å². The first-order valence-electron chi connectivity index (χ1n) is 12.3. The van der Waals surface area contributed by atoms with Gasteiger partial charge in [-0.1, -0.05) is 36.4 Å². The Hall–Kier alpha value is -3.19. The standard InChI is InChI=1S/C26H31N7/c1-30-16-18-31(19-17-30)24-27-25(32-14-6-10-20-8-2-4-12-22(20)32)29-26(28-24)33-15-7-11-21-9-3-5-13-23(21)33/h2-5,8-9,12-13H,6-7,10-11,14-19H2,1H3/p+1. The highest BCUT2D eigenvalue weighted by Crippen LogP contribution is 2.36. The number of fused-ring (bicyclic) bond motifs is 2. The molecular formula is C26H32N7+. The number of quaternary nitrogens is 1. The van der Waals surface area contributed by atoms with Gasteiger partial charge in [0, 0.05) is 24.5 Å². The topological polar surface area (TPSA) is 52.8 Å². The van der Waals surface area contributed by atoms with Gasteiger partial charge in [0.05, 0.1) is 33.2 Å². The van der Waals surface area contributed by atoms with Crippen LogP contribution in [0, 0.1) is 0 Å². The van der Waals surface area contributed by atoms with E-state index < -0.39 is 0 Å². The molecule has 0 atom stereocenters. The van der Waals surface area contributed by atoms with Crippen molar-refractivity contribution in [2.45, 2.75) is 25.7 Å². The molecule has 3 aliphatic rings. The lowest BCUT2D eigenvalue weighted by Crippen LogP contribution is -3.12. The highest BCUT2D eigenvalue weighted by Gasteiger charge is 2.28. The number of hydrogen-bond acceptors (Lipinski definition) is 6. The first kappa shape index (κ1) is 20.4. The van der Waals surface area contributed by atoms with E-state index in [1.807, 2.05) is 0 Å². The Balaban J connectivity index is 1.45. The van der Waals surface area contributed by atoms with Crippen molar-refractivity contribution in [1.29, 1.82) is 0 Å². The number of anilines is 5. The molecule has 0 unspecified atom stereocenters. The lowest BCUT2D eigenvalue weighted by molar-refractivity contribution is -0.880. The van der Waals surface area contributed by atoms with Gasteiger partial charge in [-0.2, -0.15) is 15.0 Å². The molecule has 1 fully saturated rings. The highest BCUT2D eigenvalue weighted by molar-refractivity contribution is 5.68. The average Bonchev–Trinajstić information content (AvgIpc) is 2.88. The van der Waals surface area contributed by atoms with Crippen LogP contribution in [0.25, 0.3) is 0 Å². The smallest absolute Gasteiger partial charge is 0.236 e. The molecule has 0 saturated carbocycles. The van der Waals surface area contributed by atoms with Crippen LogP contribution in [0.2, 0.25) is 0 Å². The number of para-hydroxylation sites is 2. The van der Waals surface area contributed by atoms with E-state index in [4.69, 9.17) is 15.0 Å². The van der Waals surface area contributed by atoms with Crippen LogP contribution < -0.4 is 19.6 Å². The maximum Gasteiger partial charge on any atom is 0.236 e. The molecule has 6 rings (SSSR count). The van der Waals surface area contributed by atoms with Crippen molar-refractivity contribution in [3.8, 4) is 0 Å². The van der Waals surface area contributed by atoms with Gasteiger partial charge in [0.25, 0.3) is 0 Å². The summed E-state index contributed by atoms with van der Waals surface area (Å²) in [6.45, 7) is 6.03. The molecule has 1 N–H and O–H groups in total. The van der Waals surface area contributed by atoms with Crippen LogP contribution in [0.5, 0.6) is 0 Å². The Morgan fingerprint density at radius 3 is 1.67 bits per heavy atom. The molecule has 1 saturated heterocycles. The van der Waals surface area contributed by atoms with E-state index in [0.717, 1.165) is 82.8 Å². The molecule has 7 heteroatoms. The SMILES string of the molecule is C[NH+]1CCN(c2nc(N3CCCc4ccccc43)nc(N3CCCc4ccccc43)n2)CC1. The second-order valence-corrected chi connectivity index (χ2v) is 9.45. The van der Waals surface area contributed by atoms with Crippen molar-refractivity contribution >= 4 is 29.2 Å². The van der Waals surface area contributed by atoms with Gasteiger partial charge in [-0.25, -0.2) is 0 Å². The van der Waals surface area contributed by atoms with Gasteiger partial charge in [-0.15, -0.1) is 0 Å². The molecule has 0 amide bonds. The van der Waals surface area contributed by atoms with Crippen LogP contribution >= 0.6 is 0 Å². The number of likely N-dealkylation sites (N-methyl/N-ethyl adjacent to an activating group) is 1. The molecule has 0 spiro atoms. The molecule has 2 aromatic carbocycles. The second kappa shape index (κ2) is 8.63. The van der Waals surface area contributed by atoms with E-state index in [-0.39, 0.29) is 0 Å². The van der Waals surface area contributed by atoms with E-state index >= 15 is 0 Å². The van der Waals surface area contributed by atoms with Crippen molar-refractivity contribution in [3.63, 3.8) is 0 Å². The quantitative estimate of drug-likeness (QED) is 0.672. The number of piperazine rings is 1. The predicted molar refractivity (Wildman–Crippen MR) is 132 cm³/mol. The fourth-order valence-electron chi connectivity index (χ4n) is 5.30. The Labute approximate surface area is 195 Å². The fourth-order valence-corrected chi connectivity index (χ4v) is 5.30. The Bertz CT molecular complexity index is 1060. The minimum atomic E-state index is 0.775. The summed E-state index contributed by atoms with van der Waals surface area (Å²) in [6.07, 6.45) is 4.44. The molecular weight excluding hydrogens is 410 g/mol. The summed E-state index contributed by atoms with van der Waals surface area (Å²) in [5, 5.41) is 0. The van der Waals surface area contributed by atoms with Gasteiger partial charge >= 0.3 is 0 Å². The van der Waals surface area contributed by atoms with Crippen LogP contribution in [0.15, 0.2) is 48.5 Å². The number of nitrogens with zero attached hydrogens (tertiary/aromatic N) is 6. The van der Waals surface area contributed by atoms with E-state index in [1.165, 1.54) is 22.5 Å². The van der Waals surface area contributed by atoms with E-state index in [1.54, 1.807) is 4.90 Å². The molecule has 3 aromatic rings. The van der Waals surface area contributed by atoms with Gasteiger partial charge in [0.1, 0.15) is 0 Å². The average molecular weight is 443 g/mol. The normalized spacial score (nSPS) is 18.8. The molecule has 0 aliphatic carbocycles. The zero-order valence-electron chi connectivity index (χ0n) is 19.4. The van der Waals surface area contributed by atoms with E-state index in [2.05, 4.69) is 70.3 Å². The van der Waals surface area contributed by atoms with Crippen molar-refractivity contribution in [2.24, 2.45) is 0 Å². The molecule has 33 heavy (non-hydrogen) atoms. The minimum Gasteiger partial charge on any atom is -0.334 e. The summed E-state index contributed by atoms with van der Waals surface area (Å²) in [6, 6.07) is 17.4. The Morgan fingerprint density at radius 1 is 0.636 bits per heavy atom. The third-order valence-electron chi connectivity index (χ3n) is 7.20. The van der Waals surface area contributed by atoms with Gasteiger partial charge in [0.15, 0.2) is 0 Å². The number of aryl methyl sites for hydroxylation is 2. The number of benzene rings is 2. The Morgan fingerprint density at radius 2 is 1.12 bits per heavy atom. The zero-order valence-corrected chi connectivity index (χ0v) is 19.4. The third-order valence-corrected chi connectivity index (χ3v) is 7.20. The summed E-state index contributed by atoms with van der Waals surface area (Å²) in [5.74, 6) is 2.36. The molecule has 0 radical (unpaired) electrons. The monoisotopic (exact) mass is 442 g/mol. The predicted octanol–water partition coefficient (Wildman–Crippen LogP) is 2.37. The Kier molecular flexibility index (Phi) is 5.34. The summed E-state index contributed by atoms with van der Waals surface area (Å²) in [7, 11) is 2.26. The second-order valence-electron chi connectivity index (χ2n) is 9.45. The van der Waals surface area contributed by atoms with Gasteiger partial charge in [0.2, 0.25) is 17.8 Å². The maximum absolute atomic E-state index is 5.09. The molecule has 7 nitrogen and oxygen atoms in total. The largest absolute Gasteiger partial charge is 0.334 e. The van der Waals surface area contributed by atoms with Gasteiger partial charge in [-0.05, 0) is 48.9 Å². The molecule has 170 valence electrons. The molecule has 3 aliphatic heterocycles. The summed E-state index contributed by atoms with van der Waals surface area (Å²) in [5.41, 5.74) is 5.21. The minimum absolute atomic E-state index is 0.775. The van der Waals surface area contributed by atoms with Crippen molar-refractivity contribution in [1.82, 2.24) is 15.0 Å². The zero-order chi connectivity index (χ0) is 22.2. The summed E-state index contributed by atoms with van der Waals surface area (Å²) < 4.78 is 0. The first-order valence-corrected chi connectivity index (χ1v) is 12.3. The van der Waals surface area contributed by atoms with Crippen LogP contribution in [0.1, 0.15) is 24.0 Å². The molecule has 0 bridgehead atoms. The number of nitrogens with one attached hydrogen (secondary N) is 1. The fraction of sp³-hybridized carbons (Fsp3) is 0.423. The van der Waals surface area contributed by atoms with Crippen LogP contribution in [0.4, 0.5) is 29.2 Å². The number of aromatic nitrogens is 3.